The van der Waals surface area contributed by atoms with Crippen molar-refractivity contribution in [1.29, 1.82) is 0 Å². The molecular formula is C20H17BrF3NO2S. The van der Waals surface area contributed by atoms with Crippen molar-refractivity contribution in [2.45, 2.75) is 24.1 Å². The molecular weight excluding hydrogens is 455 g/mol. The van der Waals surface area contributed by atoms with Gasteiger partial charge in [-0.1, -0.05) is 51.4 Å². The molecule has 0 aliphatic heterocycles. The van der Waals surface area contributed by atoms with E-state index in [1.165, 1.54) is 17.8 Å². The van der Waals surface area contributed by atoms with Crippen LogP contribution < -0.4 is 0 Å². The van der Waals surface area contributed by atoms with Gasteiger partial charge >= 0.3 is 6.18 Å². The zero-order valence-corrected chi connectivity index (χ0v) is 17.2. The van der Waals surface area contributed by atoms with Gasteiger partial charge < -0.3 is 9.63 Å². The largest absolute Gasteiger partial charge is 0.416 e. The third kappa shape index (κ3) is 4.79. The lowest BCUT2D eigenvalue weighted by atomic mass is 10.0. The molecule has 0 saturated carbocycles. The molecule has 1 atom stereocenters. The minimum atomic E-state index is -4.38. The first-order valence-corrected chi connectivity index (χ1v) is 10.2. The van der Waals surface area contributed by atoms with Gasteiger partial charge in [0.05, 0.1) is 23.1 Å². The summed E-state index contributed by atoms with van der Waals surface area (Å²) in [6.45, 7) is 1.60. The molecule has 3 nitrogen and oxygen atoms in total. The Morgan fingerprint density at radius 2 is 1.89 bits per heavy atom. The molecule has 0 aliphatic rings. The van der Waals surface area contributed by atoms with Crippen LogP contribution in [0.2, 0.25) is 0 Å². The molecule has 1 heterocycles. The van der Waals surface area contributed by atoms with Crippen molar-refractivity contribution in [3.05, 3.63) is 75.4 Å². The molecule has 0 radical (unpaired) electrons. The van der Waals surface area contributed by atoms with E-state index in [-0.39, 0.29) is 11.9 Å². The number of benzene rings is 2. The Hall–Kier alpha value is -1.77. The molecule has 0 aliphatic carbocycles. The number of aromatic nitrogens is 1. The van der Waals surface area contributed by atoms with Gasteiger partial charge in [-0.25, -0.2) is 0 Å². The van der Waals surface area contributed by atoms with E-state index in [4.69, 9.17) is 4.52 Å². The molecule has 2 aromatic carbocycles. The molecule has 1 N–H and O–H groups in total. The van der Waals surface area contributed by atoms with E-state index in [9.17, 15) is 18.3 Å². The summed E-state index contributed by atoms with van der Waals surface area (Å²) in [6, 6.07) is 12.7. The summed E-state index contributed by atoms with van der Waals surface area (Å²) in [7, 11) is 0. The minimum absolute atomic E-state index is 0.185. The van der Waals surface area contributed by atoms with Gasteiger partial charge in [0.2, 0.25) is 0 Å². The Kier molecular flexibility index (Phi) is 6.52. The van der Waals surface area contributed by atoms with Crippen molar-refractivity contribution < 1.29 is 22.8 Å². The molecule has 3 rings (SSSR count). The quantitative estimate of drug-likeness (QED) is 0.451. The molecule has 0 spiro atoms. The van der Waals surface area contributed by atoms with Crippen LogP contribution in [-0.2, 0) is 11.9 Å². The van der Waals surface area contributed by atoms with Crippen molar-refractivity contribution in [2.24, 2.45) is 0 Å². The van der Waals surface area contributed by atoms with Crippen LogP contribution in [0.15, 0.2) is 57.5 Å². The maximum atomic E-state index is 12.9. The minimum Gasteiger partial charge on any atom is -0.395 e. The summed E-state index contributed by atoms with van der Waals surface area (Å²) in [5.74, 6) is 0.875. The monoisotopic (exact) mass is 471 g/mol. The van der Waals surface area contributed by atoms with Gasteiger partial charge in [0.25, 0.3) is 0 Å². The average Bonchev–Trinajstić information content (AvgIpc) is 3.04. The van der Waals surface area contributed by atoms with Gasteiger partial charge in [0.1, 0.15) is 0 Å². The number of rotatable bonds is 6. The van der Waals surface area contributed by atoms with Crippen LogP contribution in [0, 0.1) is 6.92 Å². The van der Waals surface area contributed by atoms with E-state index in [0.717, 1.165) is 27.7 Å². The second-order valence-electron chi connectivity index (χ2n) is 6.20. The smallest absolute Gasteiger partial charge is 0.395 e. The van der Waals surface area contributed by atoms with Crippen molar-refractivity contribution in [1.82, 2.24) is 5.16 Å². The summed E-state index contributed by atoms with van der Waals surface area (Å²) in [5, 5.41) is 13.6. The van der Waals surface area contributed by atoms with Crippen LogP contribution in [0.5, 0.6) is 0 Å². The highest BCUT2D eigenvalue weighted by molar-refractivity contribution is 9.10. The van der Waals surface area contributed by atoms with Gasteiger partial charge in [-0.2, -0.15) is 13.2 Å². The predicted octanol–water partition coefficient (Wildman–Crippen LogP) is 6.40. The zero-order valence-electron chi connectivity index (χ0n) is 14.8. The molecule has 0 bridgehead atoms. The maximum absolute atomic E-state index is 12.9. The molecule has 28 heavy (non-hydrogen) atoms. The van der Waals surface area contributed by atoms with E-state index in [1.807, 2.05) is 24.3 Å². The maximum Gasteiger partial charge on any atom is 0.416 e. The number of hydrogen-bond acceptors (Lipinski definition) is 4. The Labute approximate surface area is 173 Å². The number of aliphatic hydroxyl groups excluding tert-OH is 1. The lowest BCUT2D eigenvalue weighted by molar-refractivity contribution is -0.137. The zero-order chi connectivity index (χ0) is 20.3. The van der Waals surface area contributed by atoms with Gasteiger partial charge in [-0.3, -0.25) is 0 Å². The third-order valence-electron chi connectivity index (χ3n) is 4.21. The molecule has 0 fully saturated rings. The summed E-state index contributed by atoms with van der Waals surface area (Å²) in [5.41, 5.74) is 2.08. The van der Waals surface area contributed by atoms with Crippen LogP contribution in [0.4, 0.5) is 13.2 Å². The first-order chi connectivity index (χ1) is 13.3. The number of alkyl halides is 3. The number of nitrogens with zero attached hydrogens (tertiary/aromatic N) is 1. The number of thioether (sulfide) groups is 1. The van der Waals surface area contributed by atoms with Crippen LogP contribution >= 0.6 is 27.7 Å². The molecule has 1 aromatic heterocycles. The predicted molar refractivity (Wildman–Crippen MR) is 107 cm³/mol. The topological polar surface area (TPSA) is 46.3 Å². The summed E-state index contributed by atoms with van der Waals surface area (Å²) in [4.78, 5) is 0. The lowest BCUT2D eigenvalue weighted by Crippen LogP contribution is -2.06. The van der Waals surface area contributed by atoms with E-state index in [2.05, 4.69) is 21.1 Å². The molecule has 3 aromatic rings. The van der Waals surface area contributed by atoms with Crippen molar-refractivity contribution in [3.63, 3.8) is 0 Å². The van der Waals surface area contributed by atoms with Gasteiger partial charge in [-0.15, -0.1) is 11.8 Å². The Morgan fingerprint density at radius 1 is 1.18 bits per heavy atom. The van der Waals surface area contributed by atoms with Crippen molar-refractivity contribution in [3.8, 4) is 11.3 Å². The summed E-state index contributed by atoms with van der Waals surface area (Å²) >= 11 is 4.74. The number of halogens is 4. The fraction of sp³-hybridized carbons (Fsp3) is 0.250. The molecule has 0 amide bonds. The van der Waals surface area contributed by atoms with Gasteiger partial charge in [0, 0.05) is 21.4 Å². The number of hydrogen-bond donors (Lipinski definition) is 1. The van der Waals surface area contributed by atoms with Crippen LogP contribution in [-0.4, -0.2) is 16.9 Å². The molecule has 0 saturated heterocycles. The van der Waals surface area contributed by atoms with E-state index < -0.39 is 11.7 Å². The van der Waals surface area contributed by atoms with E-state index in [1.54, 1.807) is 13.0 Å². The van der Waals surface area contributed by atoms with E-state index >= 15 is 0 Å². The highest BCUT2D eigenvalue weighted by Gasteiger charge is 2.30. The summed E-state index contributed by atoms with van der Waals surface area (Å²) in [6.07, 6.45) is -4.38. The van der Waals surface area contributed by atoms with Crippen LogP contribution in [0.25, 0.3) is 11.3 Å². The standard InChI is InChI=1S/C20H17BrF3NO2S/c1-12-18(19(27-25-12)14-5-7-16(21)8-6-14)17(10-26)28-11-13-3-2-4-15(9-13)20(22,23)24/h2-9,17,26H,10-11H2,1H3. The first kappa shape index (κ1) is 21.0. The highest BCUT2D eigenvalue weighted by atomic mass is 79.9. The normalized spacial score (nSPS) is 12.9. The molecule has 1 unspecified atom stereocenters. The third-order valence-corrected chi connectivity index (χ3v) is 6.02. The Balaban J connectivity index is 1.83. The Morgan fingerprint density at radius 3 is 2.54 bits per heavy atom. The van der Waals surface area contributed by atoms with Gasteiger partial charge in [-0.05, 0) is 30.7 Å². The average molecular weight is 472 g/mol. The van der Waals surface area contributed by atoms with Crippen molar-refractivity contribution >= 4 is 27.7 Å². The second kappa shape index (κ2) is 8.71. The lowest BCUT2D eigenvalue weighted by Gasteiger charge is -2.15. The highest BCUT2D eigenvalue weighted by Crippen LogP contribution is 2.40. The fourth-order valence-corrected chi connectivity index (χ4v) is 4.21. The van der Waals surface area contributed by atoms with Crippen molar-refractivity contribution in [2.75, 3.05) is 6.61 Å². The fourth-order valence-electron chi connectivity index (χ4n) is 2.83. The number of aliphatic hydroxyl groups is 1. The van der Waals surface area contributed by atoms with Gasteiger partial charge in [0.15, 0.2) is 5.76 Å². The molecule has 148 valence electrons. The van der Waals surface area contributed by atoms with Crippen LogP contribution in [0.1, 0.15) is 27.6 Å². The summed E-state index contributed by atoms with van der Waals surface area (Å²) < 4.78 is 45.1. The SMILES string of the molecule is Cc1noc(-c2ccc(Br)cc2)c1C(CO)SCc1cccc(C(F)(F)F)c1. The Bertz CT molecular complexity index is 941. The number of aryl methyl sites for hydroxylation is 1. The second-order valence-corrected chi connectivity index (χ2v) is 8.30. The first-order valence-electron chi connectivity index (χ1n) is 8.40. The molecule has 8 heteroatoms. The van der Waals surface area contributed by atoms with Crippen LogP contribution in [0.3, 0.4) is 0 Å². The van der Waals surface area contributed by atoms with E-state index in [0.29, 0.717) is 22.8 Å².